The van der Waals surface area contributed by atoms with Gasteiger partial charge in [-0.15, -0.1) is 0 Å². The van der Waals surface area contributed by atoms with Crippen molar-refractivity contribution < 1.29 is 9.47 Å². The highest BCUT2D eigenvalue weighted by atomic mass is 16.5. The highest BCUT2D eigenvalue weighted by Crippen LogP contribution is 2.21. The molecule has 0 aliphatic carbocycles. The fraction of sp³-hybridized carbons (Fsp3) is 0.455. The molecule has 0 heterocycles. The van der Waals surface area contributed by atoms with Crippen LogP contribution in [-0.2, 0) is 4.74 Å². The lowest BCUT2D eigenvalue weighted by Crippen LogP contribution is -2.17. The second-order valence-electron chi connectivity index (χ2n) is 3.28. The summed E-state index contributed by atoms with van der Waals surface area (Å²) < 4.78 is 10.1. The minimum Gasteiger partial charge on any atom is -0.497 e. The van der Waals surface area contributed by atoms with E-state index in [-0.39, 0.29) is 6.04 Å². The van der Waals surface area contributed by atoms with E-state index in [1.54, 1.807) is 14.2 Å². The molecular formula is C11H17NO2. The van der Waals surface area contributed by atoms with Gasteiger partial charge in [-0.1, -0.05) is 6.07 Å². The largest absolute Gasteiger partial charge is 0.497 e. The summed E-state index contributed by atoms with van der Waals surface area (Å²) in [6.45, 7) is 2.56. The molecule has 1 rings (SSSR count). The van der Waals surface area contributed by atoms with Gasteiger partial charge < -0.3 is 15.2 Å². The number of nitrogens with two attached hydrogens (primary N) is 1. The molecule has 2 N–H and O–H groups in total. The molecule has 3 heteroatoms. The van der Waals surface area contributed by atoms with Crippen LogP contribution in [0.2, 0.25) is 0 Å². The zero-order valence-electron chi connectivity index (χ0n) is 8.91. The van der Waals surface area contributed by atoms with Crippen LogP contribution in [0.5, 0.6) is 5.75 Å². The second kappa shape index (κ2) is 4.98. The summed E-state index contributed by atoms with van der Waals surface area (Å²) in [5.74, 6) is 0.857. The number of hydrogen-bond acceptors (Lipinski definition) is 3. The van der Waals surface area contributed by atoms with Gasteiger partial charge in [-0.25, -0.2) is 0 Å². The van der Waals surface area contributed by atoms with E-state index in [2.05, 4.69) is 0 Å². The van der Waals surface area contributed by atoms with Crippen LogP contribution < -0.4 is 10.5 Å². The van der Waals surface area contributed by atoms with Gasteiger partial charge in [0, 0.05) is 7.11 Å². The van der Waals surface area contributed by atoms with Gasteiger partial charge in [-0.3, -0.25) is 0 Å². The van der Waals surface area contributed by atoms with Crippen LogP contribution in [0.25, 0.3) is 0 Å². The van der Waals surface area contributed by atoms with Gasteiger partial charge in [0.15, 0.2) is 0 Å². The Kier molecular flexibility index (Phi) is 3.92. The Morgan fingerprint density at radius 3 is 2.57 bits per heavy atom. The molecule has 0 bridgehead atoms. The molecule has 0 spiro atoms. The third kappa shape index (κ3) is 2.47. The maximum Gasteiger partial charge on any atom is 0.119 e. The van der Waals surface area contributed by atoms with Crippen molar-refractivity contribution in [2.45, 2.75) is 13.0 Å². The smallest absolute Gasteiger partial charge is 0.119 e. The summed E-state index contributed by atoms with van der Waals surface area (Å²) in [5, 5.41) is 0. The van der Waals surface area contributed by atoms with E-state index in [9.17, 15) is 0 Å². The molecule has 0 saturated carbocycles. The van der Waals surface area contributed by atoms with E-state index < -0.39 is 0 Å². The van der Waals surface area contributed by atoms with E-state index in [0.29, 0.717) is 6.61 Å². The Hall–Kier alpha value is -1.06. The Morgan fingerprint density at radius 1 is 1.36 bits per heavy atom. The van der Waals surface area contributed by atoms with Crippen molar-refractivity contribution >= 4 is 0 Å². The van der Waals surface area contributed by atoms with Gasteiger partial charge in [0.25, 0.3) is 0 Å². The molecule has 3 nitrogen and oxygen atoms in total. The van der Waals surface area contributed by atoms with Crippen LogP contribution in [0.3, 0.4) is 0 Å². The van der Waals surface area contributed by atoms with Gasteiger partial charge in [-0.05, 0) is 30.2 Å². The average molecular weight is 195 g/mol. The molecule has 0 unspecified atom stereocenters. The van der Waals surface area contributed by atoms with Gasteiger partial charge in [0.1, 0.15) is 5.75 Å². The van der Waals surface area contributed by atoms with E-state index in [1.807, 2.05) is 25.1 Å². The maximum absolute atomic E-state index is 5.93. The van der Waals surface area contributed by atoms with Crippen LogP contribution in [0.1, 0.15) is 17.2 Å². The molecule has 0 aliphatic rings. The predicted octanol–water partition coefficient (Wildman–Crippen LogP) is 1.65. The Morgan fingerprint density at radius 2 is 2.07 bits per heavy atom. The predicted molar refractivity (Wildman–Crippen MR) is 56.5 cm³/mol. The number of benzene rings is 1. The van der Waals surface area contributed by atoms with E-state index in [1.165, 1.54) is 0 Å². The number of ether oxygens (including phenoxy) is 2. The number of rotatable bonds is 4. The zero-order valence-corrected chi connectivity index (χ0v) is 8.91. The van der Waals surface area contributed by atoms with Crippen LogP contribution >= 0.6 is 0 Å². The first-order chi connectivity index (χ1) is 6.69. The first-order valence-electron chi connectivity index (χ1n) is 4.58. The van der Waals surface area contributed by atoms with Gasteiger partial charge in [0.05, 0.1) is 19.8 Å². The fourth-order valence-corrected chi connectivity index (χ4v) is 1.46. The lowest BCUT2D eigenvalue weighted by atomic mass is 10.0. The van der Waals surface area contributed by atoms with Crippen molar-refractivity contribution in [2.75, 3.05) is 20.8 Å². The minimum absolute atomic E-state index is 0.0640. The zero-order chi connectivity index (χ0) is 10.6. The molecule has 0 radical (unpaired) electrons. The summed E-state index contributed by atoms with van der Waals surface area (Å²) in [6.07, 6.45) is 0. The lowest BCUT2D eigenvalue weighted by Gasteiger charge is -2.14. The summed E-state index contributed by atoms with van der Waals surface area (Å²) in [6, 6.07) is 5.81. The molecule has 0 aromatic heterocycles. The third-order valence-electron chi connectivity index (χ3n) is 2.22. The second-order valence-corrected chi connectivity index (χ2v) is 3.28. The number of methoxy groups -OCH3 is 2. The third-order valence-corrected chi connectivity index (χ3v) is 2.22. The summed E-state index contributed by atoms with van der Waals surface area (Å²) >= 11 is 0. The van der Waals surface area contributed by atoms with Crippen molar-refractivity contribution in [2.24, 2.45) is 5.73 Å². The van der Waals surface area contributed by atoms with E-state index >= 15 is 0 Å². The molecule has 1 atom stereocenters. The number of aryl methyl sites for hydroxylation is 1. The standard InChI is InChI=1S/C11H17NO2/c1-8-6-9(14-3)4-5-10(8)11(12)7-13-2/h4-6,11H,7,12H2,1-3H3/t11-/m1/s1. The molecular weight excluding hydrogens is 178 g/mol. The normalized spacial score (nSPS) is 12.6. The van der Waals surface area contributed by atoms with Crippen LogP contribution in [0, 0.1) is 6.92 Å². The van der Waals surface area contributed by atoms with Gasteiger partial charge >= 0.3 is 0 Å². The van der Waals surface area contributed by atoms with Crippen LogP contribution in [-0.4, -0.2) is 20.8 Å². The van der Waals surface area contributed by atoms with Crippen molar-refractivity contribution in [1.29, 1.82) is 0 Å². The highest BCUT2D eigenvalue weighted by molar-refractivity contribution is 5.36. The van der Waals surface area contributed by atoms with E-state index in [4.69, 9.17) is 15.2 Å². The highest BCUT2D eigenvalue weighted by Gasteiger charge is 2.08. The quantitative estimate of drug-likeness (QED) is 0.794. The number of hydrogen-bond donors (Lipinski definition) is 1. The molecule has 1 aromatic rings. The monoisotopic (exact) mass is 195 g/mol. The topological polar surface area (TPSA) is 44.5 Å². The van der Waals surface area contributed by atoms with E-state index in [0.717, 1.165) is 16.9 Å². The molecule has 0 aliphatic heterocycles. The SMILES string of the molecule is COC[C@@H](N)c1ccc(OC)cc1C. The molecule has 78 valence electrons. The Labute approximate surface area is 84.8 Å². The molecule has 0 saturated heterocycles. The minimum atomic E-state index is -0.0640. The molecule has 14 heavy (non-hydrogen) atoms. The first-order valence-corrected chi connectivity index (χ1v) is 4.58. The maximum atomic E-state index is 5.93. The Bertz CT molecular complexity index is 299. The van der Waals surface area contributed by atoms with Crippen LogP contribution in [0.4, 0.5) is 0 Å². The fourth-order valence-electron chi connectivity index (χ4n) is 1.46. The Balaban J connectivity index is 2.88. The molecule has 1 aromatic carbocycles. The summed E-state index contributed by atoms with van der Waals surface area (Å²) in [5.41, 5.74) is 8.17. The van der Waals surface area contributed by atoms with Crippen molar-refractivity contribution in [3.63, 3.8) is 0 Å². The van der Waals surface area contributed by atoms with Gasteiger partial charge in [0.2, 0.25) is 0 Å². The van der Waals surface area contributed by atoms with Crippen molar-refractivity contribution in [1.82, 2.24) is 0 Å². The average Bonchev–Trinajstić information content (AvgIpc) is 2.17. The van der Waals surface area contributed by atoms with Crippen molar-refractivity contribution in [3.8, 4) is 5.75 Å². The molecule has 0 amide bonds. The van der Waals surface area contributed by atoms with Gasteiger partial charge in [-0.2, -0.15) is 0 Å². The molecule has 0 fully saturated rings. The van der Waals surface area contributed by atoms with Crippen LogP contribution in [0.15, 0.2) is 18.2 Å². The lowest BCUT2D eigenvalue weighted by molar-refractivity contribution is 0.180. The summed E-state index contributed by atoms with van der Waals surface area (Å²) in [4.78, 5) is 0. The summed E-state index contributed by atoms with van der Waals surface area (Å²) in [7, 11) is 3.31. The van der Waals surface area contributed by atoms with Crippen molar-refractivity contribution in [3.05, 3.63) is 29.3 Å². The first kappa shape index (κ1) is 11.0.